The Morgan fingerprint density at radius 3 is 2.65 bits per heavy atom. The van der Waals surface area contributed by atoms with Crippen molar-refractivity contribution >= 4 is 5.78 Å². The van der Waals surface area contributed by atoms with Gasteiger partial charge in [-0.25, -0.2) is 4.39 Å². The smallest absolute Gasteiger partial charge is 0.167 e. The summed E-state index contributed by atoms with van der Waals surface area (Å²) in [6, 6.07) is 8.84. The van der Waals surface area contributed by atoms with Crippen LogP contribution < -0.4 is 0 Å². The Balaban J connectivity index is 2.02. The molecule has 0 aliphatic heterocycles. The van der Waals surface area contributed by atoms with E-state index in [1.54, 1.807) is 12.1 Å². The van der Waals surface area contributed by atoms with E-state index in [4.69, 9.17) is 0 Å². The lowest BCUT2D eigenvalue weighted by Crippen LogP contribution is -2.19. The summed E-state index contributed by atoms with van der Waals surface area (Å²) in [6.07, 6.45) is 0.723. The van der Waals surface area contributed by atoms with E-state index in [1.165, 1.54) is 24.3 Å². The molecule has 1 aliphatic rings. The Morgan fingerprint density at radius 2 is 1.90 bits per heavy atom. The van der Waals surface area contributed by atoms with Crippen molar-refractivity contribution in [2.45, 2.75) is 18.8 Å². The predicted octanol–water partition coefficient (Wildman–Crippen LogP) is 3.15. The van der Waals surface area contributed by atoms with Crippen molar-refractivity contribution in [3.63, 3.8) is 0 Å². The van der Waals surface area contributed by atoms with Gasteiger partial charge >= 0.3 is 0 Å². The second-order valence-corrected chi connectivity index (χ2v) is 5.08. The van der Waals surface area contributed by atoms with Crippen molar-refractivity contribution < 1.29 is 19.4 Å². The molecule has 102 valence electrons. The Morgan fingerprint density at radius 1 is 1.10 bits per heavy atom. The lowest BCUT2D eigenvalue weighted by atomic mass is 9.79. The van der Waals surface area contributed by atoms with Crippen molar-refractivity contribution in [1.29, 1.82) is 0 Å². The largest absolute Gasteiger partial charge is 0.508 e. The molecule has 0 saturated heterocycles. The number of benzene rings is 2. The summed E-state index contributed by atoms with van der Waals surface area (Å²) in [5.41, 5.74) is 1.63. The lowest BCUT2D eigenvalue weighted by Gasteiger charge is -2.24. The first-order valence-electron chi connectivity index (χ1n) is 6.38. The molecule has 0 amide bonds. The van der Waals surface area contributed by atoms with Gasteiger partial charge in [-0.1, -0.05) is 12.1 Å². The molecule has 0 radical (unpaired) electrons. The number of hydrogen-bond acceptors (Lipinski definition) is 3. The molecule has 2 N–H and O–H groups in total. The molecule has 0 fully saturated rings. The molecule has 0 bridgehead atoms. The number of Topliss-reactive ketones (excluding diaryl/α,β-unsaturated/α-hetero) is 1. The highest BCUT2D eigenvalue weighted by atomic mass is 19.1. The van der Waals surface area contributed by atoms with Gasteiger partial charge in [0.25, 0.3) is 0 Å². The van der Waals surface area contributed by atoms with E-state index >= 15 is 0 Å². The third-order valence-electron chi connectivity index (χ3n) is 3.68. The van der Waals surface area contributed by atoms with Crippen LogP contribution in [0.4, 0.5) is 4.39 Å². The lowest BCUT2D eigenvalue weighted by molar-refractivity contribution is 0.0961. The van der Waals surface area contributed by atoms with Crippen molar-refractivity contribution in [3.8, 4) is 11.5 Å². The molecule has 1 aliphatic carbocycles. The normalized spacial score (nSPS) is 17.9. The first-order valence-corrected chi connectivity index (χ1v) is 6.38. The average molecular weight is 272 g/mol. The molecule has 0 unspecified atom stereocenters. The fraction of sp³-hybridized carbons (Fsp3) is 0.188. The zero-order chi connectivity index (χ0) is 14.3. The van der Waals surface area contributed by atoms with Gasteiger partial charge in [0.1, 0.15) is 17.3 Å². The monoisotopic (exact) mass is 272 g/mol. The number of carbonyl (C=O) groups is 1. The minimum atomic E-state index is -0.334. The minimum absolute atomic E-state index is 0.0751. The number of phenolic OH excluding ortho intramolecular Hbond substituents is 2. The van der Waals surface area contributed by atoms with E-state index in [1.807, 2.05) is 0 Å². The zero-order valence-electron chi connectivity index (χ0n) is 10.6. The van der Waals surface area contributed by atoms with E-state index in [0.717, 1.165) is 5.56 Å². The van der Waals surface area contributed by atoms with Crippen LogP contribution >= 0.6 is 0 Å². The second-order valence-electron chi connectivity index (χ2n) is 5.08. The second kappa shape index (κ2) is 4.63. The van der Waals surface area contributed by atoms with Crippen LogP contribution in [-0.4, -0.2) is 16.0 Å². The molecule has 2 aromatic rings. The SMILES string of the molecule is O=C1C[C@@H](c2cccc(F)c2)Cc2cc(O)cc(O)c21. The number of carbonyl (C=O) groups excluding carboxylic acids is 1. The van der Waals surface area contributed by atoms with Gasteiger partial charge in [-0.3, -0.25) is 4.79 Å². The van der Waals surface area contributed by atoms with Crippen molar-refractivity contribution in [2.75, 3.05) is 0 Å². The number of hydrogen-bond donors (Lipinski definition) is 2. The minimum Gasteiger partial charge on any atom is -0.508 e. The summed E-state index contributed by atoms with van der Waals surface area (Å²) in [6.45, 7) is 0. The van der Waals surface area contributed by atoms with Crippen LogP contribution in [0.1, 0.15) is 33.8 Å². The predicted molar refractivity (Wildman–Crippen MR) is 71.6 cm³/mol. The van der Waals surface area contributed by atoms with Gasteiger partial charge in [0.15, 0.2) is 5.78 Å². The summed E-state index contributed by atoms with van der Waals surface area (Å²) >= 11 is 0. The fourth-order valence-corrected chi connectivity index (χ4v) is 2.81. The fourth-order valence-electron chi connectivity index (χ4n) is 2.81. The molecule has 0 heterocycles. The van der Waals surface area contributed by atoms with E-state index in [0.29, 0.717) is 12.0 Å². The maximum atomic E-state index is 13.3. The van der Waals surface area contributed by atoms with Crippen LogP contribution in [0.3, 0.4) is 0 Å². The number of aromatic hydroxyl groups is 2. The van der Waals surface area contributed by atoms with E-state index in [2.05, 4.69) is 0 Å². The number of ketones is 1. The van der Waals surface area contributed by atoms with E-state index in [-0.39, 0.29) is 41.0 Å². The quantitative estimate of drug-likeness (QED) is 0.838. The standard InChI is InChI=1S/C16H13FO3/c17-12-3-1-2-9(5-12)10-4-11-6-13(18)8-15(20)16(11)14(19)7-10/h1-3,5-6,8,10,18,20H,4,7H2/t10-/m0/s1. The Labute approximate surface area is 115 Å². The topological polar surface area (TPSA) is 57.5 Å². The molecule has 0 spiro atoms. The summed E-state index contributed by atoms with van der Waals surface area (Å²) < 4.78 is 13.3. The van der Waals surface area contributed by atoms with Crippen LogP contribution in [0.2, 0.25) is 0 Å². The van der Waals surface area contributed by atoms with Gasteiger partial charge < -0.3 is 10.2 Å². The van der Waals surface area contributed by atoms with Gasteiger partial charge in [0.2, 0.25) is 0 Å². The van der Waals surface area contributed by atoms with Crippen LogP contribution in [0.15, 0.2) is 36.4 Å². The van der Waals surface area contributed by atoms with Gasteiger partial charge in [0, 0.05) is 12.5 Å². The third kappa shape index (κ3) is 2.13. The zero-order valence-corrected chi connectivity index (χ0v) is 10.6. The van der Waals surface area contributed by atoms with Gasteiger partial charge in [-0.05, 0) is 41.7 Å². The maximum Gasteiger partial charge on any atom is 0.167 e. The van der Waals surface area contributed by atoms with Crippen LogP contribution in [0, 0.1) is 5.82 Å². The molecule has 20 heavy (non-hydrogen) atoms. The molecular weight excluding hydrogens is 259 g/mol. The highest BCUT2D eigenvalue weighted by molar-refractivity contribution is 6.01. The number of phenols is 2. The van der Waals surface area contributed by atoms with E-state index in [9.17, 15) is 19.4 Å². The molecule has 3 rings (SSSR count). The first-order chi connectivity index (χ1) is 9.54. The molecule has 3 nitrogen and oxygen atoms in total. The number of fused-ring (bicyclic) bond motifs is 1. The third-order valence-corrected chi connectivity index (χ3v) is 3.68. The van der Waals surface area contributed by atoms with Gasteiger partial charge in [0.05, 0.1) is 5.56 Å². The van der Waals surface area contributed by atoms with E-state index < -0.39 is 0 Å². The van der Waals surface area contributed by atoms with Crippen molar-refractivity contribution in [3.05, 3.63) is 58.9 Å². The molecular formula is C16H13FO3. The van der Waals surface area contributed by atoms with Crippen LogP contribution in [-0.2, 0) is 6.42 Å². The number of rotatable bonds is 1. The summed E-state index contributed by atoms with van der Waals surface area (Å²) in [7, 11) is 0. The Hall–Kier alpha value is -2.36. The Kier molecular flexibility index (Phi) is 2.93. The first kappa shape index (κ1) is 12.7. The molecule has 0 saturated carbocycles. The van der Waals surface area contributed by atoms with Gasteiger partial charge in [-0.2, -0.15) is 0 Å². The summed E-state index contributed by atoms with van der Waals surface area (Å²) in [5, 5.41) is 19.3. The number of halogens is 1. The highest BCUT2D eigenvalue weighted by Gasteiger charge is 2.29. The van der Waals surface area contributed by atoms with Crippen molar-refractivity contribution in [2.24, 2.45) is 0 Å². The average Bonchev–Trinajstić information content (AvgIpc) is 2.37. The van der Waals surface area contributed by atoms with Crippen molar-refractivity contribution in [1.82, 2.24) is 0 Å². The molecule has 4 heteroatoms. The van der Waals surface area contributed by atoms with Crippen LogP contribution in [0.25, 0.3) is 0 Å². The molecule has 1 atom stereocenters. The summed E-state index contributed by atoms with van der Waals surface area (Å²) in [4.78, 5) is 12.2. The van der Waals surface area contributed by atoms with Gasteiger partial charge in [-0.15, -0.1) is 0 Å². The highest BCUT2D eigenvalue weighted by Crippen LogP contribution is 2.38. The maximum absolute atomic E-state index is 13.3. The van der Waals surface area contributed by atoms with Crippen LogP contribution in [0.5, 0.6) is 11.5 Å². The molecule has 0 aromatic heterocycles. The summed E-state index contributed by atoms with van der Waals surface area (Å²) in [5.74, 6) is -0.916. The Bertz CT molecular complexity index is 694. The molecule has 2 aromatic carbocycles.